The van der Waals surface area contributed by atoms with Gasteiger partial charge in [-0.05, 0) is 26.2 Å². The van der Waals surface area contributed by atoms with Gasteiger partial charge in [-0.2, -0.15) is 0 Å². The van der Waals surface area contributed by atoms with E-state index in [4.69, 9.17) is 4.74 Å². The number of aliphatic imine (C=N–C) groups is 1. The van der Waals surface area contributed by atoms with Crippen LogP contribution in [0.3, 0.4) is 0 Å². The van der Waals surface area contributed by atoms with Gasteiger partial charge in [0.25, 0.3) is 0 Å². The number of carbonyl (C=O) groups excluding carboxylic acids is 2. The van der Waals surface area contributed by atoms with E-state index in [1.54, 1.807) is 7.11 Å². The maximum Gasteiger partial charge on any atom is 0.241 e. The highest BCUT2D eigenvalue weighted by molar-refractivity contribution is 14.0. The molecule has 9 heteroatoms. The van der Waals surface area contributed by atoms with Crippen LogP contribution in [-0.4, -0.2) is 75.2 Å². The molecule has 1 saturated heterocycles. The Morgan fingerprint density at radius 1 is 1.19 bits per heavy atom. The summed E-state index contributed by atoms with van der Waals surface area (Å²) in [6, 6.07) is 0.176. The molecular formula is C18H34IN5O3. The highest BCUT2D eigenvalue weighted by atomic mass is 127. The summed E-state index contributed by atoms with van der Waals surface area (Å²) in [4.78, 5) is 30.6. The van der Waals surface area contributed by atoms with Crippen LogP contribution in [0.4, 0.5) is 0 Å². The molecule has 8 nitrogen and oxygen atoms in total. The predicted octanol–water partition coefficient (Wildman–Crippen LogP) is 0.713. The number of guanidine groups is 1. The van der Waals surface area contributed by atoms with Crippen LogP contribution < -0.4 is 16.0 Å². The summed E-state index contributed by atoms with van der Waals surface area (Å²) >= 11 is 0. The largest absolute Gasteiger partial charge is 0.383 e. The average molecular weight is 495 g/mol. The lowest BCUT2D eigenvalue weighted by Gasteiger charge is -2.21. The van der Waals surface area contributed by atoms with E-state index in [9.17, 15) is 9.59 Å². The first kappa shape index (κ1) is 23.9. The Hall–Kier alpha value is -1.10. The zero-order valence-corrected chi connectivity index (χ0v) is 18.8. The molecule has 0 spiro atoms. The average Bonchev–Trinajstić information content (AvgIpc) is 3.31. The van der Waals surface area contributed by atoms with Gasteiger partial charge < -0.3 is 25.6 Å². The molecule has 156 valence electrons. The number of carbonyl (C=O) groups is 2. The first-order chi connectivity index (χ1) is 12.6. The Kier molecular flexibility index (Phi) is 11.7. The molecule has 2 fully saturated rings. The standard InChI is InChI=1S/C18H33N5O3.HI/c1-3-19-18(21-12-16(24)20-9-11-26-2)22-15-8-10-23(13-15)17(25)14-6-4-5-7-14;/h14-15H,3-13H2,1-2H3,(H,20,24)(H2,19,21,22);1H. The normalized spacial score (nSPS) is 20.3. The molecule has 1 atom stereocenters. The Labute approximate surface area is 179 Å². The van der Waals surface area contributed by atoms with E-state index in [2.05, 4.69) is 20.9 Å². The predicted molar refractivity (Wildman–Crippen MR) is 116 cm³/mol. The Balaban J connectivity index is 0.00000364. The molecule has 2 aliphatic rings. The van der Waals surface area contributed by atoms with Gasteiger partial charge in [-0.25, -0.2) is 4.99 Å². The zero-order chi connectivity index (χ0) is 18.8. The smallest absolute Gasteiger partial charge is 0.241 e. The van der Waals surface area contributed by atoms with Gasteiger partial charge in [0.2, 0.25) is 11.8 Å². The molecule has 1 aliphatic heterocycles. The van der Waals surface area contributed by atoms with Crippen molar-refractivity contribution in [3.05, 3.63) is 0 Å². The minimum Gasteiger partial charge on any atom is -0.383 e. The van der Waals surface area contributed by atoms with Crippen molar-refractivity contribution < 1.29 is 14.3 Å². The van der Waals surface area contributed by atoms with Gasteiger partial charge in [-0.1, -0.05) is 12.8 Å². The van der Waals surface area contributed by atoms with Crippen molar-refractivity contribution in [2.75, 3.05) is 46.4 Å². The SMILES string of the molecule is CCNC(=NCC(=O)NCCOC)NC1CCN(C(=O)C2CCCC2)C1.I. The Morgan fingerprint density at radius 3 is 2.59 bits per heavy atom. The number of rotatable bonds is 8. The molecule has 1 aliphatic carbocycles. The molecule has 27 heavy (non-hydrogen) atoms. The van der Waals surface area contributed by atoms with Crippen LogP contribution in [0.15, 0.2) is 4.99 Å². The highest BCUT2D eigenvalue weighted by Crippen LogP contribution is 2.27. The number of hydrogen-bond donors (Lipinski definition) is 3. The number of hydrogen-bond acceptors (Lipinski definition) is 4. The second-order valence-electron chi connectivity index (χ2n) is 6.93. The third-order valence-electron chi connectivity index (χ3n) is 4.90. The second-order valence-corrected chi connectivity index (χ2v) is 6.93. The summed E-state index contributed by atoms with van der Waals surface area (Å²) < 4.78 is 4.90. The van der Waals surface area contributed by atoms with Crippen molar-refractivity contribution in [3.8, 4) is 0 Å². The number of likely N-dealkylation sites (tertiary alicyclic amines) is 1. The number of methoxy groups -OCH3 is 1. The number of nitrogens with one attached hydrogen (secondary N) is 3. The molecule has 2 rings (SSSR count). The van der Waals surface area contributed by atoms with Gasteiger partial charge >= 0.3 is 0 Å². The molecular weight excluding hydrogens is 461 g/mol. The maximum absolute atomic E-state index is 12.5. The van der Waals surface area contributed by atoms with Gasteiger partial charge in [0.05, 0.1) is 6.61 Å². The fraction of sp³-hybridized carbons (Fsp3) is 0.833. The molecule has 1 saturated carbocycles. The van der Waals surface area contributed by atoms with Crippen molar-refractivity contribution in [1.82, 2.24) is 20.9 Å². The van der Waals surface area contributed by atoms with E-state index < -0.39 is 0 Å². The summed E-state index contributed by atoms with van der Waals surface area (Å²) in [5.41, 5.74) is 0. The van der Waals surface area contributed by atoms with Crippen LogP contribution in [0.25, 0.3) is 0 Å². The molecule has 0 aromatic rings. The summed E-state index contributed by atoms with van der Waals surface area (Å²) in [7, 11) is 1.60. The van der Waals surface area contributed by atoms with E-state index in [1.807, 2.05) is 11.8 Å². The van der Waals surface area contributed by atoms with E-state index >= 15 is 0 Å². The van der Waals surface area contributed by atoms with Crippen LogP contribution >= 0.6 is 24.0 Å². The maximum atomic E-state index is 12.5. The minimum absolute atomic E-state index is 0. The van der Waals surface area contributed by atoms with Crippen LogP contribution in [-0.2, 0) is 14.3 Å². The lowest BCUT2D eigenvalue weighted by atomic mass is 10.1. The monoisotopic (exact) mass is 495 g/mol. The number of ether oxygens (including phenoxy) is 1. The topological polar surface area (TPSA) is 95.1 Å². The molecule has 3 N–H and O–H groups in total. The molecule has 0 aromatic heterocycles. The van der Waals surface area contributed by atoms with Gasteiger partial charge in [0.1, 0.15) is 6.54 Å². The summed E-state index contributed by atoms with van der Waals surface area (Å²) in [5, 5.41) is 9.27. The quantitative estimate of drug-likeness (QED) is 0.200. The van der Waals surface area contributed by atoms with Crippen molar-refractivity contribution in [1.29, 1.82) is 0 Å². The number of amides is 2. The van der Waals surface area contributed by atoms with E-state index in [0.717, 1.165) is 25.8 Å². The van der Waals surface area contributed by atoms with Crippen molar-refractivity contribution >= 4 is 41.8 Å². The molecule has 2 amide bonds. The summed E-state index contributed by atoms with van der Waals surface area (Å²) in [5.74, 6) is 1.02. The second kappa shape index (κ2) is 13.1. The molecule has 0 radical (unpaired) electrons. The minimum atomic E-state index is -0.135. The fourth-order valence-corrected chi connectivity index (χ4v) is 3.52. The van der Waals surface area contributed by atoms with E-state index in [1.165, 1.54) is 12.8 Å². The van der Waals surface area contributed by atoms with Crippen LogP contribution in [0.5, 0.6) is 0 Å². The first-order valence-corrected chi connectivity index (χ1v) is 9.73. The van der Waals surface area contributed by atoms with Gasteiger partial charge in [-0.15, -0.1) is 24.0 Å². The molecule has 0 bridgehead atoms. The zero-order valence-electron chi connectivity index (χ0n) is 16.5. The first-order valence-electron chi connectivity index (χ1n) is 9.73. The fourth-order valence-electron chi connectivity index (χ4n) is 3.52. The van der Waals surface area contributed by atoms with Crippen LogP contribution in [0.1, 0.15) is 39.0 Å². The summed E-state index contributed by atoms with van der Waals surface area (Å²) in [6.45, 7) is 5.24. The molecule has 0 aromatic carbocycles. The van der Waals surface area contributed by atoms with Gasteiger partial charge in [0.15, 0.2) is 5.96 Å². The Bertz CT molecular complexity index is 497. The Morgan fingerprint density at radius 2 is 1.93 bits per heavy atom. The van der Waals surface area contributed by atoms with E-state index in [0.29, 0.717) is 38.1 Å². The number of halogens is 1. The lowest BCUT2D eigenvalue weighted by molar-refractivity contribution is -0.134. The lowest BCUT2D eigenvalue weighted by Crippen LogP contribution is -2.46. The highest BCUT2D eigenvalue weighted by Gasteiger charge is 2.32. The third-order valence-corrected chi connectivity index (χ3v) is 4.90. The molecule has 1 unspecified atom stereocenters. The molecule has 1 heterocycles. The van der Waals surface area contributed by atoms with Crippen LogP contribution in [0.2, 0.25) is 0 Å². The van der Waals surface area contributed by atoms with Crippen molar-refractivity contribution in [3.63, 3.8) is 0 Å². The number of nitrogens with zero attached hydrogens (tertiary/aromatic N) is 2. The van der Waals surface area contributed by atoms with Gasteiger partial charge in [-0.3, -0.25) is 9.59 Å². The van der Waals surface area contributed by atoms with Crippen molar-refractivity contribution in [2.24, 2.45) is 10.9 Å². The van der Waals surface area contributed by atoms with E-state index in [-0.39, 0.29) is 48.4 Å². The summed E-state index contributed by atoms with van der Waals surface area (Å²) in [6.07, 6.45) is 5.33. The third kappa shape index (κ3) is 8.20. The van der Waals surface area contributed by atoms with Gasteiger partial charge in [0, 0.05) is 45.2 Å². The van der Waals surface area contributed by atoms with Crippen molar-refractivity contribution in [2.45, 2.75) is 45.1 Å². The van der Waals surface area contributed by atoms with Crippen LogP contribution in [0, 0.1) is 5.92 Å².